The first kappa shape index (κ1) is 13.7. The van der Waals surface area contributed by atoms with Crippen LogP contribution in [0.3, 0.4) is 0 Å². The van der Waals surface area contributed by atoms with Crippen molar-refractivity contribution in [3.8, 4) is 0 Å². The lowest BCUT2D eigenvalue weighted by Crippen LogP contribution is -2.29. The van der Waals surface area contributed by atoms with Crippen molar-refractivity contribution in [1.29, 1.82) is 0 Å². The van der Waals surface area contributed by atoms with Gasteiger partial charge in [0.05, 0.1) is 0 Å². The number of hydrogen-bond acceptors (Lipinski definition) is 1. The first-order chi connectivity index (χ1) is 8.57. The number of Topliss-reactive ketones (excluding diaryl/α,β-unsaturated/α-hetero) is 1. The normalized spacial score (nSPS) is 17.9. The molecule has 0 radical (unpaired) electrons. The zero-order valence-corrected chi connectivity index (χ0v) is 12.2. The molecular weight excluding hydrogens is 295 g/mol. The molecule has 0 bridgehead atoms. The standard InChI is InChI=1S/C15H18BrFO/c1-2-15(7-3-4-8-15)14(18)10-11-9-12(16)5-6-13(11)17/h5-6,9H,2-4,7-8,10H2,1H3. The van der Waals surface area contributed by atoms with E-state index in [-0.39, 0.29) is 23.4 Å². The minimum atomic E-state index is -0.282. The molecular formula is C15H18BrFO. The summed E-state index contributed by atoms with van der Waals surface area (Å²) in [4.78, 5) is 12.4. The maximum Gasteiger partial charge on any atom is 0.143 e. The van der Waals surface area contributed by atoms with Crippen LogP contribution < -0.4 is 0 Å². The Labute approximate surface area is 116 Å². The van der Waals surface area contributed by atoms with E-state index in [2.05, 4.69) is 22.9 Å². The van der Waals surface area contributed by atoms with Crippen molar-refractivity contribution in [2.45, 2.75) is 45.4 Å². The van der Waals surface area contributed by atoms with Crippen LogP contribution in [0.2, 0.25) is 0 Å². The summed E-state index contributed by atoms with van der Waals surface area (Å²) in [7, 11) is 0. The Morgan fingerprint density at radius 2 is 2.06 bits per heavy atom. The van der Waals surface area contributed by atoms with E-state index in [1.54, 1.807) is 12.1 Å². The Morgan fingerprint density at radius 1 is 1.39 bits per heavy atom. The molecule has 0 aliphatic heterocycles. The maximum absolute atomic E-state index is 13.7. The van der Waals surface area contributed by atoms with Gasteiger partial charge in [-0.15, -0.1) is 0 Å². The van der Waals surface area contributed by atoms with Gasteiger partial charge in [0.25, 0.3) is 0 Å². The van der Waals surface area contributed by atoms with Crippen molar-refractivity contribution in [3.05, 3.63) is 34.1 Å². The average molecular weight is 313 g/mol. The Balaban J connectivity index is 2.18. The summed E-state index contributed by atoms with van der Waals surface area (Å²) < 4.78 is 14.5. The molecule has 2 rings (SSSR count). The van der Waals surface area contributed by atoms with Gasteiger partial charge in [-0.3, -0.25) is 4.79 Å². The summed E-state index contributed by atoms with van der Waals surface area (Å²) in [5.74, 6) is -0.0738. The van der Waals surface area contributed by atoms with Gasteiger partial charge in [-0.05, 0) is 43.0 Å². The highest BCUT2D eigenvalue weighted by atomic mass is 79.9. The fraction of sp³-hybridized carbons (Fsp3) is 0.533. The van der Waals surface area contributed by atoms with Gasteiger partial charge >= 0.3 is 0 Å². The van der Waals surface area contributed by atoms with Crippen LogP contribution in [0.1, 0.15) is 44.6 Å². The zero-order valence-electron chi connectivity index (χ0n) is 10.6. The second-order valence-electron chi connectivity index (χ2n) is 5.18. The van der Waals surface area contributed by atoms with Crippen LogP contribution in [0.5, 0.6) is 0 Å². The van der Waals surface area contributed by atoms with E-state index in [9.17, 15) is 9.18 Å². The van der Waals surface area contributed by atoms with E-state index in [4.69, 9.17) is 0 Å². The molecule has 0 unspecified atom stereocenters. The van der Waals surface area contributed by atoms with Crippen LogP contribution in [-0.4, -0.2) is 5.78 Å². The lowest BCUT2D eigenvalue weighted by molar-refractivity contribution is -0.128. The summed E-state index contributed by atoms with van der Waals surface area (Å²) in [5.41, 5.74) is 0.323. The summed E-state index contributed by atoms with van der Waals surface area (Å²) >= 11 is 3.32. The number of carbonyl (C=O) groups is 1. The summed E-state index contributed by atoms with van der Waals surface area (Å²) in [6, 6.07) is 4.79. The second-order valence-corrected chi connectivity index (χ2v) is 6.09. The third-order valence-corrected chi connectivity index (χ3v) is 4.68. The molecule has 98 valence electrons. The van der Waals surface area contributed by atoms with Gasteiger partial charge in [-0.2, -0.15) is 0 Å². The number of hydrogen-bond donors (Lipinski definition) is 0. The van der Waals surface area contributed by atoms with Crippen molar-refractivity contribution >= 4 is 21.7 Å². The highest BCUT2D eigenvalue weighted by Gasteiger charge is 2.38. The van der Waals surface area contributed by atoms with Crippen LogP contribution in [0, 0.1) is 11.2 Å². The highest BCUT2D eigenvalue weighted by Crippen LogP contribution is 2.42. The molecule has 0 amide bonds. The molecule has 1 aliphatic rings. The molecule has 1 aromatic carbocycles. The van der Waals surface area contributed by atoms with E-state index < -0.39 is 0 Å². The summed E-state index contributed by atoms with van der Waals surface area (Å²) in [6.07, 6.45) is 5.29. The summed E-state index contributed by atoms with van der Waals surface area (Å²) in [6.45, 7) is 2.07. The Kier molecular flexibility index (Phi) is 4.21. The van der Waals surface area contributed by atoms with Crippen molar-refractivity contribution in [2.75, 3.05) is 0 Å². The topological polar surface area (TPSA) is 17.1 Å². The first-order valence-corrected chi connectivity index (χ1v) is 7.34. The third-order valence-electron chi connectivity index (χ3n) is 4.19. The SMILES string of the molecule is CCC1(C(=O)Cc2cc(Br)ccc2F)CCCC1. The largest absolute Gasteiger partial charge is 0.299 e. The van der Waals surface area contributed by atoms with E-state index in [1.165, 1.54) is 6.07 Å². The van der Waals surface area contributed by atoms with Crippen LogP contribution in [0.15, 0.2) is 22.7 Å². The molecule has 0 saturated heterocycles. The van der Waals surface area contributed by atoms with E-state index >= 15 is 0 Å². The molecule has 0 spiro atoms. The lowest BCUT2D eigenvalue weighted by atomic mass is 9.77. The fourth-order valence-electron chi connectivity index (χ4n) is 2.92. The fourth-order valence-corrected chi connectivity index (χ4v) is 3.33. The molecule has 1 saturated carbocycles. The minimum absolute atomic E-state index is 0.186. The van der Waals surface area contributed by atoms with E-state index in [1.807, 2.05) is 0 Å². The second kappa shape index (κ2) is 5.52. The smallest absolute Gasteiger partial charge is 0.143 e. The number of halogens is 2. The first-order valence-electron chi connectivity index (χ1n) is 6.54. The van der Waals surface area contributed by atoms with Crippen LogP contribution in [-0.2, 0) is 11.2 Å². The van der Waals surface area contributed by atoms with E-state index in [0.29, 0.717) is 5.56 Å². The Bertz CT molecular complexity index is 450. The Morgan fingerprint density at radius 3 is 2.67 bits per heavy atom. The van der Waals surface area contributed by atoms with Gasteiger partial charge in [0.1, 0.15) is 11.6 Å². The van der Waals surface area contributed by atoms with E-state index in [0.717, 1.165) is 36.6 Å². The molecule has 0 aromatic heterocycles. The lowest BCUT2D eigenvalue weighted by Gasteiger charge is -2.25. The predicted molar refractivity (Wildman–Crippen MR) is 74.0 cm³/mol. The maximum atomic E-state index is 13.7. The third kappa shape index (κ3) is 2.66. The van der Waals surface area contributed by atoms with Gasteiger partial charge in [0.2, 0.25) is 0 Å². The molecule has 0 atom stereocenters. The van der Waals surface area contributed by atoms with Gasteiger partial charge in [-0.1, -0.05) is 35.7 Å². The zero-order chi connectivity index (χ0) is 13.2. The van der Waals surface area contributed by atoms with Gasteiger partial charge < -0.3 is 0 Å². The Hall–Kier alpha value is -0.700. The number of benzene rings is 1. The van der Waals surface area contributed by atoms with Crippen molar-refractivity contribution in [3.63, 3.8) is 0 Å². The summed E-state index contributed by atoms with van der Waals surface area (Å²) in [5, 5.41) is 0. The highest BCUT2D eigenvalue weighted by molar-refractivity contribution is 9.10. The monoisotopic (exact) mass is 312 g/mol. The molecule has 18 heavy (non-hydrogen) atoms. The molecule has 1 aromatic rings. The molecule has 3 heteroatoms. The van der Waals surface area contributed by atoms with Gasteiger partial charge in [-0.25, -0.2) is 4.39 Å². The number of carbonyl (C=O) groups excluding carboxylic acids is 1. The minimum Gasteiger partial charge on any atom is -0.299 e. The molecule has 1 nitrogen and oxygen atoms in total. The molecule has 1 aliphatic carbocycles. The van der Waals surface area contributed by atoms with Crippen LogP contribution >= 0.6 is 15.9 Å². The molecule has 1 fully saturated rings. The van der Waals surface area contributed by atoms with Gasteiger partial charge in [0, 0.05) is 16.3 Å². The average Bonchev–Trinajstić information content (AvgIpc) is 2.84. The number of ketones is 1. The van der Waals surface area contributed by atoms with Crippen molar-refractivity contribution in [1.82, 2.24) is 0 Å². The number of rotatable bonds is 4. The predicted octanol–water partition coefficient (Wildman–Crippen LogP) is 4.67. The molecule has 0 N–H and O–H groups in total. The van der Waals surface area contributed by atoms with Crippen molar-refractivity contribution < 1.29 is 9.18 Å². The van der Waals surface area contributed by atoms with Crippen LogP contribution in [0.25, 0.3) is 0 Å². The van der Waals surface area contributed by atoms with Crippen LogP contribution in [0.4, 0.5) is 4.39 Å². The molecule has 0 heterocycles. The van der Waals surface area contributed by atoms with Crippen molar-refractivity contribution in [2.24, 2.45) is 5.41 Å². The quantitative estimate of drug-likeness (QED) is 0.789. The van der Waals surface area contributed by atoms with Gasteiger partial charge in [0.15, 0.2) is 0 Å².